The van der Waals surface area contributed by atoms with Crippen molar-refractivity contribution in [2.24, 2.45) is 0 Å². The molecule has 9 heteroatoms. The Kier molecular flexibility index (Phi) is 3.72. The number of nitrogens with one attached hydrogen (secondary N) is 1. The van der Waals surface area contributed by atoms with Crippen LogP contribution in [0.4, 0.5) is 4.79 Å². The highest BCUT2D eigenvalue weighted by atomic mass is 32.2. The van der Waals surface area contributed by atoms with E-state index in [1.54, 1.807) is 17.5 Å². The predicted octanol–water partition coefficient (Wildman–Crippen LogP) is 0.453. The molecule has 1 aromatic heterocycles. The number of rotatable bonds is 3. The quantitative estimate of drug-likeness (QED) is 0.816. The number of hydrogen-bond donors (Lipinski definition) is 1. The fourth-order valence-electron chi connectivity index (χ4n) is 2.68. The van der Waals surface area contributed by atoms with Gasteiger partial charge in [-0.1, -0.05) is 6.07 Å². The lowest BCUT2D eigenvalue weighted by Crippen LogP contribution is -2.48. The molecule has 3 rings (SSSR count). The number of imide groups is 1. The first-order chi connectivity index (χ1) is 10.00. The maximum Gasteiger partial charge on any atom is 0.324 e. The molecule has 2 aliphatic heterocycles. The summed E-state index contributed by atoms with van der Waals surface area (Å²) in [5.41, 5.74) is 0. The van der Waals surface area contributed by atoms with E-state index in [9.17, 15) is 18.0 Å². The van der Waals surface area contributed by atoms with Crippen LogP contribution in [0.5, 0.6) is 0 Å². The smallest absolute Gasteiger partial charge is 0.324 e. The zero-order valence-electron chi connectivity index (χ0n) is 11.2. The Morgan fingerprint density at radius 2 is 1.95 bits per heavy atom. The van der Waals surface area contributed by atoms with Gasteiger partial charge in [-0.2, -0.15) is 4.31 Å². The molecule has 2 fully saturated rings. The Morgan fingerprint density at radius 1 is 1.24 bits per heavy atom. The maximum atomic E-state index is 12.4. The van der Waals surface area contributed by atoms with Crippen molar-refractivity contribution in [3.63, 3.8) is 0 Å². The summed E-state index contributed by atoms with van der Waals surface area (Å²) in [6, 6.07) is 2.70. The van der Waals surface area contributed by atoms with Gasteiger partial charge in [0.05, 0.1) is 6.54 Å². The molecule has 3 heterocycles. The van der Waals surface area contributed by atoms with E-state index in [-0.39, 0.29) is 24.5 Å². The maximum absolute atomic E-state index is 12.4. The van der Waals surface area contributed by atoms with Gasteiger partial charge in [0.25, 0.3) is 10.0 Å². The van der Waals surface area contributed by atoms with E-state index in [1.807, 2.05) is 0 Å². The number of sulfonamides is 1. The highest BCUT2D eigenvalue weighted by molar-refractivity contribution is 7.91. The molecule has 1 N–H and O–H groups in total. The summed E-state index contributed by atoms with van der Waals surface area (Å²) in [4.78, 5) is 24.5. The van der Waals surface area contributed by atoms with Gasteiger partial charge in [-0.25, -0.2) is 13.2 Å². The molecule has 0 radical (unpaired) electrons. The molecule has 0 saturated carbocycles. The summed E-state index contributed by atoms with van der Waals surface area (Å²) >= 11 is 1.19. The summed E-state index contributed by atoms with van der Waals surface area (Å²) in [7, 11) is -3.44. The van der Waals surface area contributed by atoms with Gasteiger partial charge < -0.3 is 5.32 Å². The van der Waals surface area contributed by atoms with Crippen molar-refractivity contribution in [1.29, 1.82) is 0 Å². The lowest BCUT2D eigenvalue weighted by Gasteiger charge is -2.34. The Labute approximate surface area is 126 Å². The van der Waals surface area contributed by atoms with E-state index < -0.39 is 10.0 Å². The second-order valence-corrected chi connectivity index (χ2v) is 8.10. The lowest BCUT2D eigenvalue weighted by atomic mass is 10.1. The van der Waals surface area contributed by atoms with Crippen LogP contribution < -0.4 is 5.32 Å². The number of urea groups is 1. The average Bonchev–Trinajstić information content (AvgIpc) is 3.10. The van der Waals surface area contributed by atoms with Crippen LogP contribution in [0.2, 0.25) is 0 Å². The first kappa shape index (κ1) is 14.5. The van der Waals surface area contributed by atoms with Crippen molar-refractivity contribution in [3.05, 3.63) is 17.5 Å². The van der Waals surface area contributed by atoms with Crippen molar-refractivity contribution in [2.45, 2.75) is 23.1 Å². The molecule has 2 aliphatic rings. The van der Waals surface area contributed by atoms with Gasteiger partial charge in [0.15, 0.2) is 0 Å². The van der Waals surface area contributed by atoms with E-state index >= 15 is 0 Å². The van der Waals surface area contributed by atoms with Crippen molar-refractivity contribution < 1.29 is 18.0 Å². The zero-order valence-corrected chi connectivity index (χ0v) is 12.8. The van der Waals surface area contributed by atoms with E-state index in [2.05, 4.69) is 5.32 Å². The molecular formula is C12H15N3O4S2. The summed E-state index contributed by atoms with van der Waals surface area (Å²) in [5, 5.41) is 4.22. The average molecular weight is 329 g/mol. The Bertz CT molecular complexity index is 632. The van der Waals surface area contributed by atoms with Crippen molar-refractivity contribution in [1.82, 2.24) is 14.5 Å². The van der Waals surface area contributed by atoms with E-state index in [0.29, 0.717) is 30.1 Å². The van der Waals surface area contributed by atoms with Gasteiger partial charge in [-0.3, -0.25) is 9.69 Å². The molecule has 7 nitrogen and oxygen atoms in total. The first-order valence-corrected chi connectivity index (χ1v) is 8.95. The molecular weight excluding hydrogens is 314 g/mol. The van der Waals surface area contributed by atoms with E-state index in [1.165, 1.54) is 20.5 Å². The monoisotopic (exact) mass is 329 g/mol. The predicted molar refractivity (Wildman–Crippen MR) is 76.3 cm³/mol. The second kappa shape index (κ2) is 5.39. The standard InChI is InChI=1S/C12H15N3O4S2/c16-10-8-13-12(17)15(10)9-3-5-14(6-4-9)21(18,19)11-2-1-7-20-11/h1-2,7,9H,3-6,8H2,(H,13,17). The van der Waals surface area contributed by atoms with Gasteiger partial charge >= 0.3 is 6.03 Å². The summed E-state index contributed by atoms with van der Waals surface area (Å²) in [6.45, 7) is 0.677. The van der Waals surface area contributed by atoms with Gasteiger partial charge in [-0.05, 0) is 24.3 Å². The van der Waals surface area contributed by atoms with Gasteiger partial charge in [0, 0.05) is 19.1 Å². The number of piperidine rings is 1. The van der Waals surface area contributed by atoms with Crippen molar-refractivity contribution in [2.75, 3.05) is 19.6 Å². The summed E-state index contributed by atoms with van der Waals surface area (Å²) in [5.74, 6) is -0.237. The number of hydrogen-bond acceptors (Lipinski definition) is 5. The zero-order chi connectivity index (χ0) is 15.0. The molecule has 3 amide bonds. The molecule has 0 spiro atoms. The minimum absolute atomic E-state index is 0.0343. The van der Waals surface area contributed by atoms with Crippen LogP contribution in [0.15, 0.2) is 21.7 Å². The Morgan fingerprint density at radius 3 is 2.48 bits per heavy atom. The number of thiophene rings is 1. The number of carbonyl (C=O) groups is 2. The fourth-order valence-corrected chi connectivity index (χ4v) is 5.30. The minimum Gasteiger partial charge on any atom is -0.329 e. The molecule has 0 aromatic carbocycles. The Balaban J connectivity index is 1.68. The first-order valence-electron chi connectivity index (χ1n) is 6.63. The SMILES string of the molecule is O=C1CNC(=O)N1C1CCN(S(=O)(=O)c2cccs2)CC1. The molecule has 0 unspecified atom stereocenters. The second-order valence-electron chi connectivity index (χ2n) is 4.99. The molecule has 114 valence electrons. The van der Waals surface area contributed by atoms with E-state index in [4.69, 9.17) is 0 Å². The normalized spacial score (nSPS) is 21.8. The van der Waals surface area contributed by atoms with Crippen LogP contribution in [0.1, 0.15) is 12.8 Å². The van der Waals surface area contributed by atoms with Gasteiger partial charge in [0.2, 0.25) is 5.91 Å². The third kappa shape index (κ3) is 2.56. The number of nitrogens with zero attached hydrogens (tertiary/aromatic N) is 2. The minimum atomic E-state index is -3.44. The summed E-state index contributed by atoms with van der Waals surface area (Å²) < 4.78 is 26.5. The lowest BCUT2D eigenvalue weighted by molar-refractivity contribution is -0.127. The molecule has 0 bridgehead atoms. The third-order valence-corrected chi connectivity index (χ3v) is 7.03. The van der Waals surface area contributed by atoms with Crippen LogP contribution >= 0.6 is 11.3 Å². The van der Waals surface area contributed by atoms with E-state index in [0.717, 1.165) is 0 Å². The summed E-state index contributed by atoms with van der Waals surface area (Å²) in [6.07, 6.45) is 0.952. The molecule has 0 atom stereocenters. The van der Waals surface area contributed by atoms with Crippen LogP contribution in [-0.2, 0) is 14.8 Å². The third-order valence-electron chi connectivity index (χ3n) is 3.76. The van der Waals surface area contributed by atoms with Gasteiger partial charge in [-0.15, -0.1) is 11.3 Å². The van der Waals surface area contributed by atoms with Crippen LogP contribution in [0.3, 0.4) is 0 Å². The molecule has 2 saturated heterocycles. The Hall–Kier alpha value is -1.45. The molecule has 0 aliphatic carbocycles. The fraction of sp³-hybridized carbons (Fsp3) is 0.500. The van der Waals surface area contributed by atoms with Gasteiger partial charge in [0.1, 0.15) is 4.21 Å². The molecule has 21 heavy (non-hydrogen) atoms. The molecule has 1 aromatic rings. The van der Waals surface area contributed by atoms with Crippen LogP contribution in [0.25, 0.3) is 0 Å². The van der Waals surface area contributed by atoms with Crippen LogP contribution in [0, 0.1) is 0 Å². The van der Waals surface area contributed by atoms with Crippen molar-refractivity contribution in [3.8, 4) is 0 Å². The number of amides is 3. The van der Waals surface area contributed by atoms with Crippen LogP contribution in [-0.4, -0.2) is 55.2 Å². The largest absolute Gasteiger partial charge is 0.329 e. The van der Waals surface area contributed by atoms with Crippen molar-refractivity contribution >= 4 is 33.3 Å². The topological polar surface area (TPSA) is 86.8 Å². The highest BCUT2D eigenvalue weighted by Gasteiger charge is 2.38. The number of carbonyl (C=O) groups excluding carboxylic acids is 2. The highest BCUT2D eigenvalue weighted by Crippen LogP contribution is 2.26.